The van der Waals surface area contributed by atoms with Crippen molar-refractivity contribution in [1.82, 2.24) is 0 Å². The van der Waals surface area contributed by atoms with Crippen molar-refractivity contribution in [2.45, 2.75) is 25.7 Å². The molecule has 5 rings (SSSR count). The van der Waals surface area contributed by atoms with Gasteiger partial charge in [0, 0.05) is 17.2 Å². The van der Waals surface area contributed by atoms with Gasteiger partial charge < -0.3 is 19.9 Å². The van der Waals surface area contributed by atoms with Crippen molar-refractivity contribution >= 4 is 16.7 Å². The Kier molecular flexibility index (Phi) is 6.78. The van der Waals surface area contributed by atoms with E-state index in [2.05, 4.69) is 13.0 Å². The van der Waals surface area contributed by atoms with Gasteiger partial charge in [-0.25, -0.2) is 4.79 Å². The van der Waals surface area contributed by atoms with Crippen LogP contribution in [0.3, 0.4) is 0 Å². The number of rotatable bonds is 7. The van der Waals surface area contributed by atoms with Crippen LogP contribution in [0.5, 0.6) is 17.2 Å². The molecule has 4 aromatic carbocycles. The third-order valence-corrected chi connectivity index (χ3v) is 6.40. The summed E-state index contributed by atoms with van der Waals surface area (Å²) in [5.74, 6) is 0.500. The number of nitrogens with two attached hydrogens (primary N) is 1. The quantitative estimate of drug-likeness (QED) is 0.182. The van der Waals surface area contributed by atoms with Gasteiger partial charge in [-0.15, -0.1) is 0 Å². The molecule has 0 spiro atoms. The highest BCUT2D eigenvalue weighted by molar-refractivity contribution is 6.05. The number of unbranched alkanes of at least 4 members (excludes halogenated alkanes) is 1. The van der Waals surface area contributed by atoms with Crippen LogP contribution in [-0.4, -0.2) is 12.6 Å². The molecule has 6 heteroatoms. The maximum atomic E-state index is 13.1. The second-order valence-electron chi connectivity index (χ2n) is 8.78. The van der Waals surface area contributed by atoms with Crippen LogP contribution in [0.1, 0.15) is 47.2 Å². The number of fused-ring (bicyclic) bond motifs is 2. The van der Waals surface area contributed by atoms with E-state index in [1.165, 1.54) is 0 Å². The lowest BCUT2D eigenvalue weighted by molar-refractivity contribution is 0.0736. The van der Waals surface area contributed by atoms with Crippen LogP contribution in [-0.2, 0) is 0 Å². The lowest BCUT2D eigenvalue weighted by Crippen LogP contribution is -2.21. The molecule has 1 aliphatic rings. The van der Waals surface area contributed by atoms with E-state index < -0.39 is 11.9 Å². The molecule has 37 heavy (non-hydrogen) atoms. The third kappa shape index (κ3) is 4.72. The van der Waals surface area contributed by atoms with Gasteiger partial charge in [0.05, 0.1) is 18.1 Å². The van der Waals surface area contributed by atoms with Crippen molar-refractivity contribution < 1.29 is 19.0 Å². The molecule has 0 saturated carbocycles. The van der Waals surface area contributed by atoms with E-state index in [1.54, 1.807) is 24.3 Å². The molecule has 6 nitrogen and oxygen atoms in total. The van der Waals surface area contributed by atoms with Crippen LogP contribution in [0.4, 0.5) is 0 Å². The number of benzene rings is 4. The standard InChI is InChI=1S/C31H26N2O4/c1-2-3-17-35-27-14-7-6-12-24(27)29-25-16-15-21(18-28(25)37-30(33)26(29)19-32)36-31(34)23-13-8-10-20-9-4-5-11-22(20)23/h4-16,18,29H,2-3,17,33H2,1H3. The second-order valence-corrected chi connectivity index (χ2v) is 8.78. The normalized spacial score (nSPS) is 14.4. The average molecular weight is 491 g/mol. The number of hydrogen-bond donors (Lipinski definition) is 1. The number of allylic oxidation sites excluding steroid dienone is 1. The molecule has 1 unspecified atom stereocenters. The maximum Gasteiger partial charge on any atom is 0.344 e. The molecular formula is C31H26N2O4. The highest BCUT2D eigenvalue weighted by Gasteiger charge is 2.33. The number of esters is 1. The number of hydrogen-bond acceptors (Lipinski definition) is 6. The van der Waals surface area contributed by atoms with E-state index in [1.807, 2.05) is 60.7 Å². The van der Waals surface area contributed by atoms with E-state index in [0.717, 1.165) is 34.7 Å². The van der Waals surface area contributed by atoms with Crippen molar-refractivity contribution in [3.05, 3.63) is 113 Å². The fraction of sp³-hybridized carbons (Fsp3) is 0.161. The minimum absolute atomic E-state index is 0.0147. The number of ether oxygens (including phenoxy) is 3. The Balaban J connectivity index is 1.49. The van der Waals surface area contributed by atoms with Gasteiger partial charge in [-0.3, -0.25) is 0 Å². The zero-order chi connectivity index (χ0) is 25.8. The predicted octanol–water partition coefficient (Wildman–Crippen LogP) is 6.46. The van der Waals surface area contributed by atoms with E-state index in [9.17, 15) is 10.1 Å². The average Bonchev–Trinajstić information content (AvgIpc) is 2.92. The first-order valence-corrected chi connectivity index (χ1v) is 12.2. The number of carbonyl (C=O) groups excluding carboxylic acids is 1. The number of nitriles is 1. The largest absolute Gasteiger partial charge is 0.493 e. The van der Waals surface area contributed by atoms with Crippen molar-refractivity contribution in [3.8, 4) is 23.3 Å². The van der Waals surface area contributed by atoms with Gasteiger partial charge in [-0.05, 0) is 35.4 Å². The summed E-state index contributed by atoms with van der Waals surface area (Å²) in [5.41, 5.74) is 8.53. The molecule has 2 N–H and O–H groups in total. The summed E-state index contributed by atoms with van der Waals surface area (Å²) in [6.07, 6.45) is 1.94. The molecular weight excluding hydrogens is 464 g/mol. The predicted molar refractivity (Wildman–Crippen MR) is 141 cm³/mol. The van der Waals surface area contributed by atoms with Crippen molar-refractivity contribution in [2.75, 3.05) is 6.61 Å². The second kappa shape index (κ2) is 10.5. The zero-order valence-corrected chi connectivity index (χ0v) is 20.4. The molecule has 4 aromatic rings. The van der Waals surface area contributed by atoms with Crippen LogP contribution in [0, 0.1) is 11.3 Å². The van der Waals surface area contributed by atoms with Crippen molar-refractivity contribution in [3.63, 3.8) is 0 Å². The van der Waals surface area contributed by atoms with E-state index in [0.29, 0.717) is 35.0 Å². The molecule has 0 saturated heterocycles. The lowest BCUT2D eigenvalue weighted by atomic mass is 9.83. The molecule has 0 bridgehead atoms. The summed E-state index contributed by atoms with van der Waals surface area (Å²) in [6, 6.07) is 28.2. The molecule has 1 heterocycles. The molecule has 0 fully saturated rings. The summed E-state index contributed by atoms with van der Waals surface area (Å²) in [6.45, 7) is 2.68. The fourth-order valence-electron chi connectivity index (χ4n) is 4.56. The number of carbonyl (C=O) groups is 1. The Morgan fingerprint density at radius 3 is 2.62 bits per heavy atom. The minimum atomic E-state index is -0.477. The van der Waals surface area contributed by atoms with Gasteiger partial charge in [0.25, 0.3) is 0 Å². The molecule has 1 atom stereocenters. The summed E-state index contributed by atoms with van der Waals surface area (Å²) >= 11 is 0. The first kappa shape index (κ1) is 24.0. The first-order chi connectivity index (χ1) is 18.1. The van der Waals surface area contributed by atoms with Crippen LogP contribution in [0.2, 0.25) is 0 Å². The SMILES string of the molecule is CCCCOc1ccccc1C1C(C#N)=C(N)Oc2cc(OC(=O)c3cccc4ccccc34)ccc21. The number of nitrogens with zero attached hydrogens (tertiary/aromatic N) is 1. The molecule has 184 valence electrons. The fourth-order valence-corrected chi connectivity index (χ4v) is 4.56. The Hall–Kier alpha value is -4.76. The topological polar surface area (TPSA) is 94.6 Å². The summed E-state index contributed by atoms with van der Waals surface area (Å²) < 4.78 is 17.6. The van der Waals surface area contributed by atoms with Crippen LogP contribution >= 0.6 is 0 Å². The Morgan fingerprint density at radius 1 is 1.00 bits per heavy atom. The van der Waals surface area contributed by atoms with E-state index in [-0.39, 0.29) is 5.88 Å². The van der Waals surface area contributed by atoms with Gasteiger partial charge in [0.2, 0.25) is 5.88 Å². The van der Waals surface area contributed by atoms with Gasteiger partial charge in [-0.2, -0.15) is 5.26 Å². The van der Waals surface area contributed by atoms with Gasteiger partial charge >= 0.3 is 5.97 Å². The van der Waals surface area contributed by atoms with Gasteiger partial charge in [-0.1, -0.05) is 74.0 Å². The summed E-state index contributed by atoms with van der Waals surface area (Å²) in [4.78, 5) is 13.1. The number of para-hydroxylation sites is 1. The van der Waals surface area contributed by atoms with Crippen molar-refractivity contribution in [2.24, 2.45) is 5.73 Å². The summed E-state index contributed by atoms with van der Waals surface area (Å²) in [5, 5.41) is 11.7. The molecule has 1 aliphatic heterocycles. The highest BCUT2D eigenvalue weighted by Crippen LogP contribution is 2.46. The van der Waals surface area contributed by atoms with Crippen LogP contribution in [0.15, 0.2) is 96.4 Å². The Morgan fingerprint density at radius 2 is 1.78 bits per heavy atom. The van der Waals surface area contributed by atoms with Crippen LogP contribution < -0.4 is 19.9 Å². The lowest BCUT2D eigenvalue weighted by Gasteiger charge is -2.28. The molecule has 0 amide bonds. The summed E-state index contributed by atoms with van der Waals surface area (Å²) in [7, 11) is 0. The molecule has 0 aromatic heterocycles. The first-order valence-electron chi connectivity index (χ1n) is 12.2. The van der Waals surface area contributed by atoms with E-state index >= 15 is 0 Å². The maximum absolute atomic E-state index is 13.1. The van der Waals surface area contributed by atoms with Gasteiger partial charge in [0.15, 0.2) is 0 Å². The van der Waals surface area contributed by atoms with E-state index in [4.69, 9.17) is 19.9 Å². The monoisotopic (exact) mass is 490 g/mol. The van der Waals surface area contributed by atoms with Crippen LogP contribution in [0.25, 0.3) is 10.8 Å². The Labute approximate surface area is 215 Å². The molecule has 0 aliphatic carbocycles. The highest BCUT2D eigenvalue weighted by atomic mass is 16.5. The zero-order valence-electron chi connectivity index (χ0n) is 20.4. The third-order valence-electron chi connectivity index (χ3n) is 6.40. The molecule has 0 radical (unpaired) electrons. The minimum Gasteiger partial charge on any atom is -0.493 e. The van der Waals surface area contributed by atoms with Gasteiger partial charge in [0.1, 0.15) is 28.9 Å². The Bertz CT molecular complexity index is 1550. The smallest absolute Gasteiger partial charge is 0.344 e. The van der Waals surface area contributed by atoms with Crippen molar-refractivity contribution in [1.29, 1.82) is 5.26 Å².